The summed E-state index contributed by atoms with van der Waals surface area (Å²) < 4.78 is 0. The molecule has 3 nitrogen and oxygen atoms in total. The number of nitriles is 1. The molecule has 0 aromatic carbocycles. The second-order valence-electron chi connectivity index (χ2n) is 5.03. The maximum absolute atomic E-state index is 8.93. The van der Waals surface area contributed by atoms with Crippen LogP contribution < -0.4 is 4.90 Å². The van der Waals surface area contributed by atoms with Crippen LogP contribution in [0.2, 0.25) is 5.15 Å². The third-order valence-corrected chi connectivity index (χ3v) is 3.75. The van der Waals surface area contributed by atoms with E-state index in [-0.39, 0.29) is 0 Å². The molecule has 1 fully saturated rings. The van der Waals surface area contributed by atoms with Crippen LogP contribution in [0.5, 0.6) is 0 Å². The first-order chi connectivity index (χ1) is 8.69. The first-order valence-electron chi connectivity index (χ1n) is 6.48. The number of hydrogen-bond donors (Lipinski definition) is 0. The zero-order valence-electron chi connectivity index (χ0n) is 10.7. The van der Waals surface area contributed by atoms with Gasteiger partial charge in [-0.25, -0.2) is 4.98 Å². The summed E-state index contributed by atoms with van der Waals surface area (Å²) in [5.74, 6) is 1.54. The van der Waals surface area contributed by atoms with Crippen LogP contribution in [0.1, 0.15) is 37.7 Å². The van der Waals surface area contributed by atoms with E-state index in [9.17, 15) is 0 Å². The zero-order valence-corrected chi connectivity index (χ0v) is 11.5. The van der Waals surface area contributed by atoms with Crippen LogP contribution in [-0.2, 0) is 0 Å². The van der Waals surface area contributed by atoms with Crippen molar-refractivity contribution in [1.82, 2.24) is 4.98 Å². The normalized spacial score (nSPS) is 16.3. The smallest absolute Gasteiger partial charge is 0.132 e. The van der Waals surface area contributed by atoms with Crippen molar-refractivity contribution in [2.24, 2.45) is 5.92 Å². The molecule has 1 saturated carbocycles. The zero-order chi connectivity index (χ0) is 13.0. The lowest BCUT2D eigenvalue weighted by Crippen LogP contribution is -2.27. The van der Waals surface area contributed by atoms with Gasteiger partial charge in [0.2, 0.25) is 0 Å². The van der Waals surface area contributed by atoms with Crippen LogP contribution in [0.3, 0.4) is 0 Å². The number of hydrogen-bond acceptors (Lipinski definition) is 3. The lowest BCUT2D eigenvalue weighted by Gasteiger charge is -2.27. The molecule has 18 heavy (non-hydrogen) atoms. The van der Waals surface area contributed by atoms with Gasteiger partial charge in [-0.1, -0.05) is 30.9 Å². The van der Waals surface area contributed by atoms with Crippen molar-refractivity contribution in [3.05, 3.63) is 22.8 Å². The quantitative estimate of drug-likeness (QED) is 0.782. The fraction of sp³-hybridized carbons (Fsp3) is 0.571. The summed E-state index contributed by atoms with van der Waals surface area (Å²) in [7, 11) is 2.02. The van der Waals surface area contributed by atoms with E-state index in [0.29, 0.717) is 10.7 Å². The molecule has 0 saturated heterocycles. The van der Waals surface area contributed by atoms with Crippen LogP contribution in [0.15, 0.2) is 12.1 Å². The van der Waals surface area contributed by atoms with E-state index in [4.69, 9.17) is 16.9 Å². The summed E-state index contributed by atoms with van der Waals surface area (Å²) in [5, 5.41) is 9.32. The molecule has 1 aromatic heterocycles. The molecule has 0 amide bonds. The fourth-order valence-electron chi connectivity index (χ4n) is 2.59. The molecule has 1 aromatic rings. The van der Waals surface area contributed by atoms with E-state index in [2.05, 4.69) is 16.0 Å². The van der Waals surface area contributed by atoms with Gasteiger partial charge in [0.1, 0.15) is 11.0 Å². The van der Waals surface area contributed by atoms with Crippen molar-refractivity contribution in [1.29, 1.82) is 5.26 Å². The van der Waals surface area contributed by atoms with Crippen molar-refractivity contribution < 1.29 is 0 Å². The maximum atomic E-state index is 8.93. The van der Waals surface area contributed by atoms with E-state index in [1.165, 1.54) is 32.1 Å². The Morgan fingerprint density at radius 3 is 2.78 bits per heavy atom. The number of nitrogens with zero attached hydrogens (tertiary/aromatic N) is 3. The van der Waals surface area contributed by atoms with Crippen LogP contribution in [0.4, 0.5) is 5.82 Å². The van der Waals surface area contributed by atoms with E-state index >= 15 is 0 Å². The molecule has 0 atom stereocenters. The van der Waals surface area contributed by atoms with Gasteiger partial charge in [0.25, 0.3) is 0 Å². The molecule has 1 heterocycles. The first-order valence-corrected chi connectivity index (χ1v) is 6.85. The van der Waals surface area contributed by atoms with Crippen LogP contribution >= 0.6 is 11.6 Å². The van der Waals surface area contributed by atoms with Gasteiger partial charge in [0, 0.05) is 13.6 Å². The third-order valence-electron chi connectivity index (χ3n) is 3.56. The Bertz CT molecular complexity index is 447. The molecule has 96 valence electrons. The van der Waals surface area contributed by atoms with E-state index in [0.717, 1.165) is 18.3 Å². The summed E-state index contributed by atoms with van der Waals surface area (Å²) in [6, 6.07) is 5.51. The van der Waals surface area contributed by atoms with Crippen LogP contribution in [-0.4, -0.2) is 18.6 Å². The van der Waals surface area contributed by atoms with Gasteiger partial charge >= 0.3 is 0 Å². The number of rotatable bonds is 3. The number of halogens is 1. The lowest BCUT2D eigenvalue weighted by molar-refractivity contribution is 0.361. The minimum Gasteiger partial charge on any atom is -0.359 e. The highest BCUT2D eigenvalue weighted by Crippen LogP contribution is 2.26. The molecule has 0 spiro atoms. The molecule has 0 bridgehead atoms. The molecule has 1 aliphatic carbocycles. The second-order valence-corrected chi connectivity index (χ2v) is 5.42. The standard InChI is InChI=1S/C14H18ClN3/c1-18(10-11-5-3-2-4-6-11)14-8-12(9-16)7-13(15)17-14/h7-8,11H,2-6,10H2,1H3. The molecule has 1 aliphatic rings. The van der Waals surface area contributed by atoms with Gasteiger partial charge in [-0.3, -0.25) is 0 Å². The number of aromatic nitrogens is 1. The molecule has 4 heteroatoms. The molecular formula is C14H18ClN3. The summed E-state index contributed by atoms with van der Waals surface area (Å²) in [4.78, 5) is 6.40. The Hall–Kier alpha value is -1.27. The van der Waals surface area contributed by atoms with Crippen molar-refractivity contribution >= 4 is 17.4 Å². The maximum Gasteiger partial charge on any atom is 0.132 e. The topological polar surface area (TPSA) is 39.9 Å². The van der Waals surface area contributed by atoms with E-state index in [1.54, 1.807) is 12.1 Å². The average molecular weight is 264 g/mol. The van der Waals surface area contributed by atoms with E-state index < -0.39 is 0 Å². The summed E-state index contributed by atoms with van der Waals surface area (Å²) in [5.41, 5.74) is 0.570. The Morgan fingerprint density at radius 1 is 1.39 bits per heavy atom. The number of pyridine rings is 1. The molecule has 0 radical (unpaired) electrons. The monoisotopic (exact) mass is 263 g/mol. The van der Waals surface area contributed by atoms with Gasteiger partial charge < -0.3 is 4.90 Å². The highest BCUT2D eigenvalue weighted by atomic mass is 35.5. The van der Waals surface area contributed by atoms with Crippen LogP contribution in [0.25, 0.3) is 0 Å². The molecule has 2 rings (SSSR count). The SMILES string of the molecule is CN(CC1CCCCC1)c1cc(C#N)cc(Cl)n1. The first kappa shape index (κ1) is 13.2. The largest absolute Gasteiger partial charge is 0.359 e. The second kappa shape index (κ2) is 6.06. The minimum absolute atomic E-state index is 0.388. The van der Waals surface area contributed by atoms with Crippen molar-refractivity contribution in [2.45, 2.75) is 32.1 Å². The van der Waals surface area contributed by atoms with E-state index in [1.807, 2.05) is 7.05 Å². The lowest BCUT2D eigenvalue weighted by atomic mass is 9.89. The van der Waals surface area contributed by atoms with Gasteiger partial charge in [0.05, 0.1) is 11.6 Å². The minimum atomic E-state index is 0.388. The highest BCUT2D eigenvalue weighted by Gasteiger charge is 2.16. The Morgan fingerprint density at radius 2 is 2.11 bits per heavy atom. The Kier molecular flexibility index (Phi) is 4.43. The predicted molar refractivity (Wildman–Crippen MR) is 73.8 cm³/mol. The van der Waals surface area contributed by atoms with Crippen molar-refractivity contribution in [3.8, 4) is 6.07 Å². The van der Waals surface area contributed by atoms with Gasteiger partial charge in [-0.15, -0.1) is 0 Å². The summed E-state index contributed by atoms with van der Waals surface area (Å²) >= 11 is 5.93. The van der Waals surface area contributed by atoms with Gasteiger partial charge in [-0.2, -0.15) is 5.26 Å². The average Bonchev–Trinajstić information content (AvgIpc) is 2.39. The highest BCUT2D eigenvalue weighted by molar-refractivity contribution is 6.29. The molecular weight excluding hydrogens is 246 g/mol. The van der Waals surface area contributed by atoms with Gasteiger partial charge in [-0.05, 0) is 30.9 Å². The Balaban J connectivity index is 2.05. The third kappa shape index (κ3) is 3.36. The van der Waals surface area contributed by atoms with Crippen molar-refractivity contribution in [3.63, 3.8) is 0 Å². The van der Waals surface area contributed by atoms with Gasteiger partial charge in [0.15, 0.2) is 0 Å². The van der Waals surface area contributed by atoms with Crippen LogP contribution in [0, 0.1) is 17.2 Å². The summed E-state index contributed by atoms with van der Waals surface area (Å²) in [6.45, 7) is 0.998. The predicted octanol–water partition coefficient (Wildman–Crippen LogP) is 3.62. The summed E-state index contributed by atoms with van der Waals surface area (Å²) in [6.07, 6.45) is 6.65. The fourth-order valence-corrected chi connectivity index (χ4v) is 2.80. The molecule has 0 N–H and O–H groups in total. The molecule has 0 aliphatic heterocycles. The van der Waals surface area contributed by atoms with Crippen molar-refractivity contribution in [2.75, 3.05) is 18.5 Å². The Labute approximate surface area is 113 Å². The molecule has 0 unspecified atom stereocenters. The number of anilines is 1.